The van der Waals surface area contributed by atoms with Crippen molar-refractivity contribution in [1.82, 2.24) is 0 Å². The van der Waals surface area contributed by atoms with Gasteiger partial charge in [-0.15, -0.1) is 0 Å². The Hall–Kier alpha value is -0.520. The van der Waals surface area contributed by atoms with Gasteiger partial charge >= 0.3 is 0 Å². The topological polar surface area (TPSA) is 0 Å². The van der Waals surface area contributed by atoms with Gasteiger partial charge in [0.1, 0.15) is 0 Å². The van der Waals surface area contributed by atoms with E-state index >= 15 is 0 Å². The van der Waals surface area contributed by atoms with E-state index in [9.17, 15) is 0 Å². The van der Waals surface area contributed by atoms with Gasteiger partial charge in [0.2, 0.25) is 0 Å². The van der Waals surface area contributed by atoms with Crippen molar-refractivity contribution in [3.63, 3.8) is 0 Å². The molecule has 0 N–H and O–H groups in total. The highest BCUT2D eigenvalue weighted by Crippen LogP contribution is 2.10. The molecule has 0 unspecified atom stereocenters. The van der Waals surface area contributed by atoms with E-state index in [1.807, 2.05) is 0 Å². The van der Waals surface area contributed by atoms with Crippen LogP contribution in [0.15, 0.2) is 24.3 Å². The minimum atomic E-state index is 1.30. The van der Waals surface area contributed by atoms with Crippen LogP contribution in [-0.4, -0.2) is 0 Å². The van der Waals surface area contributed by atoms with Crippen LogP contribution >= 0.6 is 0 Å². The standard InChI is InChI=1S/C16H28/c1-2-4-6-8-10-12-14-16-15-13-11-9-7-5-3-1/h1-2,15-16H,3-14H2/b2-1-,16-15?. The van der Waals surface area contributed by atoms with Gasteiger partial charge in [0.05, 0.1) is 0 Å². The quantitative estimate of drug-likeness (QED) is 0.453. The Balaban J connectivity index is 2.13. The Morgan fingerprint density at radius 3 is 0.812 bits per heavy atom. The first kappa shape index (κ1) is 13.5. The van der Waals surface area contributed by atoms with E-state index in [0.717, 1.165) is 0 Å². The Kier molecular flexibility index (Phi) is 9.30. The third kappa shape index (κ3) is 8.76. The zero-order valence-electron chi connectivity index (χ0n) is 10.8. The second-order valence-electron chi connectivity index (χ2n) is 4.93. The van der Waals surface area contributed by atoms with E-state index in [0.29, 0.717) is 0 Å². The molecule has 0 bridgehead atoms. The Morgan fingerprint density at radius 1 is 0.312 bits per heavy atom. The molecule has 0 saturated heterocycles. The summed E-state index contributed by atoms with van der Waals surface area (Å²) in [6.07, 6.45) is 26.0. The Labute approximate surface area is 102 Å². The third-order valence-corrected chi connectivity index (χ3v) is 3.32. The van der Waals surface area contributed by atoms with Gasteiger partial charge in [-0.3, -0.25) is 0 Å². The zero-order chi connectivity index (χ0) is 11.3. The molecule has 1 aliphatic carbocycles. The van der Waals surface area contributed by atoms with Gasteiger partial charge in [-0.25, -0.2) is 0 Å². The van der Waals surface area contributed by atoms with Gasteiger partial charge in [0.15, 0.2) is 0 Å². The van der Waals surface area contributed by atoms with Crippen LogP contribution < -0.4 is 0 Å². The van der Waals surface area contributed by atoms with Crippen molar-refractivity contribution in [3.8, 4) is 0 Å². The molecule has 0 aromatic rings. The van der Waals surface area contributed by atoms with Gasteiger partial charge in [0.25, 0.3) is 0 Å². The highest BCUT2D eigenvalue weighted by atomic mass is 14.0. The highest BCUT2D eigenvalue weighted by Gasteiger charge is 1.90. The van der Waals surface area contributed by atoms with Gasteiger partial charge in [-0.1, -0.05) is 50.0 Å². The second-order valence-corrected chi connectivity index (χ2v) is 4.93. The molecule has 0 radical (unpaired) electrons. The predicted molar refractivity (Wildman–Crippen MR) is 73.7 cm³/mol. The van der Waals surface area contributed by atoms with Crippen LogP contribution in [0.5, 0.6) is 0 Å². The summed E-state index contributed by atoms with van der Waals surface area (Å²) in [5.74, 6) is 0. The van der Waals surface area contributed by atoms with Crippen LogP contribution in [0.1, 0.15) is 77.0 Å². The number of hydrogen-bond acceptors (Lipinski definition) is 0. The van der Waals surface area contributed by atoms with Crippen molar-refractivity contribution < 1.29 is 0 Å². The van der Waals surface area contributed by atoms with Crippen LogP contribution in [0.2, 0.25) is 0 Å². The molecule has 0 aliphatic heterocycles. The molecule has 0 aromatic heterocycles. The molecule has 0 heterocycles. The molecule has 0 heteroatoms. The molecule has 0 nitrogen and oxygen atoms in total. The monoisotopic (exact) mass is 220 g/mol. The fourth-order valence-corrected chi connectivity index (χ4v) is 2.23. The average molecular weight is 220 g/mol. The van der Waals surface area contributed by atoms with E-state index in [4.69, 9.17) is 0 Å². The lowest BCUT2D eigenvalue weighted by molar-refractivity contribution is 0.638. The molecule has 0 atom stereocenters. The summed E-state index contributed by atoms with van der Waals surface area (Å²) in [6, 6.07) is 0. The highest BCUT2D eigenvalue weighted by molar-refractivity contribution is 4.83. The van der Waals surface area contributed by atoms with E-state index in [1.165, 1.54) is 77.0 Å². The summed E-state index contributed by atoms with van der Waals surface area (Å²) in [6.45, 7) is 0. The molecule has 0 saturated carbocycles. The van der Waals surface area contributed by atoms with E-state index in [2.05, 4.69) is 24.3 Å². The molecule has 1 rings (SSSR count). The van der Waals surface area contributed by atoms with Gasteiger partial charge < -0.3 is 0 Å². The van der Waals surface area contributed by atoms with Crippen molar-refractivity contribution in [1.29, 1.82) is 0 Å². The number of allylic oxidation sites excluding steroid dienone is 4. The molecule has 0 aromatic carbocycles. The van der Waals surface area contributed by atoms with Crippen LogP contribution in [0, 0.1) is 0 Å². The maximum Gasteiger partial charge on any atom is -0.0351 e. The maximum atomic E-state index is 2.39. The summed E-state index contributed by atoms with van der Waals surface area (Å²) in [7, 11) is 0. The molecular formula is C16H28. The number of rotatable bonds is 0. The molecule has 0 fully saturated rings. The van der Waals surface area contributed by atoms with E-state index in [1.54, 1.807) is 0 Å². The molecule has 0 spiro atoms. The summed E-state index contributed by atoms with van der Waals surface area (Å²) < 4.78 is 0. The van der Waals surface area contributed by atoms with Crippen molar-refractivity contribution in [3.05, 3.63) is 24.3 Å². The van der Waals surface area contributed by atoms with Gasteiger partial charge in [-0.05, 0) is 51.4 Å². The van der Waals surface area contributed by atoms with Crippen LogP contribution in [0.25, 0.3) is 0 Å². The summed E-state index contributed by atoms with van der Waals surface area (Å²) in [4.78, 5) is 0. The van der Waals surface area contributed by atoms with E-state index in [-0.39, 0.29) is 0 Å². The third-order valence-electron chi connectivity index (χ3n) is 3.32. The molecule has 1 aliphatic rings. The first-order valence-corrected chi connectivity index (χ1v) is 7.30. The minimum Gasteiger partial charge on any atom is -0.0885 e. The average Bonchev–Trinajstić information content (AvgIpc) is 2.29. The fourth-order valence-electron chi connectivity index (χ4n) is 2.23. The summed E-state index contributed by atoms with van der Waals surface area (Å²) >= 11 is 0. The van der Waals surface area contributed by atoms with Crippen molar-refractivity contribution in [2.75, 3.05) is 0 Å². The lowest BCUT2D eigenvalue weighted by atomic mass is 10.1. The second kappa shape index (κ2) is 11.0. The zero-order valence-corrected chi connectivity index (χ0v) is 10.8. The largest absolute Gasteiger partial charge is 0.0885 e. The van der Waals surface area contributed by atoms with E-state index < -0.39 is 0 Å². The van der Waals surface area contributed by atoms with Crippen molar-refractivity contribution in [2.24, 2.45) is 0 Å². The Bertz CT molecular complexity index is 146. The predicted octanol–water partition coefficient (Wildman–Crippen LogP) is 5.79. The molecule has 16 heavy (non-hydrogen) atoms. The SMILES string of the molecule is C1=CCCCCCC/C=C\CCCCCC1. The van der Waals surface area contributed by atoms with Gasteiger partial charge in [0, 0.05) is 0 Å². The smallest absolute Gasteiger partial charge is 0.0351 e. The lowest BCUT2D eigenvalue weighted by Gasteiger charge is -2.00. The summed E-state index contributed by atoms with van der Waals surface area (Å²) in [5, 5.41) is 0. The van der Waals surface area contributed by atoms with Crippen LogP contribution in [-0.2, 0) is 0 Å². The first-order chi connectivity index (χ1) is 8.00. The number of hydrogen-bond donors (Lipinski definition) is 0. The first-order valence-electron chi connectivity index (χ1n) is 7.30. The summed E-state index contributed by atoms with van der Waals surface area (Å²) in [5.41, 5.74) is 0. The fraction of sp³-hybridized carbons (Fsp3) is 0.750. The van der Waals surface area contributed by atoms with Crippen molar-refractivity contribution in [2.45, 2.75) is 77.0 Å². The Morgan fingerprint density at radius 2 is 0.562 bits per heavy atom. The minimum absolute atomic E-state index is 1.30. The molecule has 92 valence electrons. The molecule has 0 amide bonds. The van der Waals surface area contributed by atoms with Gasteiger partial charge in [-0.2, -0.15) is 0 Å². The van der Waals surface area contributed by atoms with Crippen molar-refractivity contribution >= 4 is 0 Å². The van der Waals surface area contributed by atoms with Crippen LogP contribution in [0.4, 0.5) is 0 Å². The molecular weight excluding hydrogens is 192 g/mol. The maximum absolute atomic E-state index is 2.39. The normalized spacial score (nSPS) is 24.0. The lowest BCUT2D eigenvalue weighted by Crippen LogP contribution is -1.80. The van der Waals surface area contributed by atoms with Crippen LogP contribution in [0.3, 0.4) is 0 Å².